The zero-order valence-electron chi connectivity index (χ0n) is 13.3. The van der Waals surface area contributed by atoms with E-state index in [9.17, 15) is 14.2 Å². The summed E-state index contributed by atoms with van der Waals surface area (Å²) >= 11 is 0. The molecule has 0 aromatic heterocycles. The molecule has 0 fully saturated rings. The molecule has 2 N–H and O–H groups in total. The van der Waals surface area contributed by atoms with E-state index in [4.69, 9.17) is 19.3 Å². The van der Waals surface area contributed by atoms with Gasteiger partial charge in [0.2, 0.25) is 6.29 Å². The highest BCUT2D eigenvalue weighted by atomic mass is 31.2. The maximum Gasteiger partial charge on any atom is 0.469 e. The molecule has 0 bridgehead atoms. The third-order valence-corrected chi connectivity index (χ3v) is 3.04. The molecule has 0 saturated heterocycles. The summed E-state index contributed by atoms with van der Waals surface area (Å²) in [5.74, 6) is -1.34. The second-order valence-electron chi connectivity index (χ2n) is 4.97. The molecule has 0 atom stereocenters. The minimum atomic E-state index is -4.45. The summed E-state index contributed by atoms with van der Waals surface area (Å²) in [4.78, 5) is 40.1. The Morgan fingerprint density at radius 3 is 1.87 bits per heavy atom. The summed E-state index contributed by atoms with van der Waals surface area (Å²) in [6.45, 7) is 9.74. The number of phosphoric ester groups is 1. The van der Waals surface area contributed by atoms with E-state index in [-0.39, 0.29) is 24.2 Å². The second kappa shape index (κ2) is 10.3. The third kappa shape index (κ3) is 11.7. The molecule has 23 heavy (non-hydrogen) atoms. The van der Waals surface area contributed by atoms with Gasteiger partial charge in [-0.3, -0.25) is 4.52 Å². The maximum absolute atomic E-state index is 11.5. The molecule has 0 aliphatic carbocycles. The Morgan fingerprint density at radius 2 is 1.48 bits per heavy atom. The lowest BCUT2D eigenvalue weighted by Crippen LogP contribution is -2.25. The van der Waals surface area contributed by atoms with Crippen molar-refractivity contribution in [1.29, 1.82) is 0 Å². The first-order chi connectivity index (χ1) is 10.5. The Balaban J connectivity index is 4.28. The lowest BCUT2D eigenvalue weighted by molar-refractivity contribution is -0.183. The molecule has 0 saturated carbocycles. The van der Waals surface area contributed by atoms with Gasteiger partial charge in [0.1, 0.15) is 0 Å². The smallest absolute Gasteiger partial charge is 0.422 e. The summed E-state index contributed by atoms with van der Waals surface area (Å²) in [5, 5.41) is 0. The van der Waals surface area contributed by atoms with Gasteiger partial charge in [0, 0.05) is 17.6 Å². The van der Waals surface area contributed by atoms with Crippen LogP contribution < -0.4 is 0 Å². The predicted octanol–water partition coefficient (Wildman–Crippen LogP) is 2.22. The highest BCUT2D eigenvalue weighted by molar-refractivity contribution is 7.46. The standard InChI is InChI=1S/C14H23O8P/c1-10(2)13(15)21-12(22-14(16)11(3)4)8-6-5-7-9-20-23(17,18)19/h12H,1,3,5-9H2,2,4H3,(H2,17,18,19). The van der Waals surface area contributed by atoms with Crippen molar-refractivity contribution in [3.63, 3.8) is 0 Å². The van der Waals surface area contributed by atoms with Crippen LogP contribution in [0.15, 0.2) is 24.3 Å². The molecular formula is C14H23O8P. The van der Waals surface area contributed by atoms with Crippen LogP contribution in [-0.2, 0) is 28.2 Å². The molecule has 0 aliphatic rings. The number of ether oxygens (including phenoxy) is 2. The number of phosphoric acid groups is 1. The quantitative estimate of drug-likeness (QED) is 0.191. The van der Waals surface area contributed by atoms with Gasteiger partial charge in [-0.2, -0.15) is 0 Å². The first kappa shape index (κ1) is 21.5. The van der Waals surface area contributed by atoms with Crippen molar-refractivity contribution in [1.82, 2.24) is 0 Å². The number of esters is 2. The van der Waals surface area contributed by atoms with Gasteiger partial charge in [-0.15, -0.1) is 0 Å². The first-order valence-electron chi connectivity index (χ1n) is 6.96. The van der Waals surface area contributed by atoms with Gasteiger partial charge in [-0.05, 0) is 26.7 Å². The highest BCUT2D eigenvalue weighted by Crippen LogP contribution is 2.35. The summed E-state index contributed by atoms with van der Waals surface area (Å²) in [6, 6.07) is 0. The molecule has 0 heterocycles. The summed E-state index contributed by atoms with van der Waals surface area (Å²) in [7, 11) is -4.45. The van der Waals surface area contributed by atoms with Crippen molar-refractivity contribution >= 4 is 19.8 Å². The average Bonchev–Trinajstić information content (AvgIpc) is 2.40. The third-order valence-electron chi connectivity index (χ3n) is 2.52. The first-order valence-corrected chi connectivity index (χ1v) is 8.49. The molecule has 0 radical (unpaired) electrons. The van der Waals surface area contributed by atoms with Gasteiger partial charge in [0.05, 0.1) is 6.61 Å². The Kier molecular flexibility index (Phi) is 9.67. The van der Waals surface area contributed by atoms with Crippen molar-refractivity contribution in [3.8, 4) is 0 Å². The maximum atomic E-state index is 11.5. The van der Waals surface area contributed by atoms with Crippen LogP contribution in [0.5, 0.6) is 0 Å². The minimum Gasteiger partial charge on any atom is -0.422 e. The second-order valence-corrected chi connectivity index (χ2v) is 6.21. The average molecular weight is 350 g/mol. The lowest BCUT2D eigenvalue weighted by Gasteiger charge is -2.18. The van der Waals surface area contributed by atoms with Crippen molar-refractivity contribution in [2.24, 2.45) is 0 Å². The molecule has 0 amide bonds. The zero-order chi connectivity index (χ0) is 18.0. The van der Waals surface area contributed by atoms with Crippen LogP contribution in [0.3, 0.4) is 0 Å². The van der Waals surface area contributed by atoms with Crippen LogP contribution >= 0.6 is 7.82 Å². The van der Waals surface area contributed by atoms with Crippen LogP contribution in [-0.4, -0.2) is 34.6 Å². The van der Waals surface area contributed by atoms with Crippen molar-refractivity contribution in [2.75, 3.05) is 6.61 Å². The molecular weight excluding hydrogens is 327 g/mol. The lowest BCUT2D eigenvalue weighted by atomic mass is 10.2. The van der Waals surface area contributed by atoms with Gasteiger partial charge in [0.25, 0.3) is 0 Å². The Morgan fingerprint density at radius 1 is 1.00 bits per heavy atom. The van der Waals surface area contributed by atoms with Gasteiger partial charge < -0.3 is 19.3 Å². The van der Waals surface area contributed by atoms with E-state index >= 15 is 0 Å². The molecule has 0 aromatic carbocycles. The zero-order valence-corrected chi connectivity index (χ0v) is 14.2. The molecule has 9 heteroatoms. The topological polar surface area (TPSA) is 119 Å². The van der Waals surface area contributed by atoms with Crippen molar-refractivity contribution in [3.05, 3.63) is 24.3 Å². The predicted molar refractivity (Wildman–Crippen MR) is 82.1 cm³/mol. The minimum absolute atomic E-state index is 0.0912. The number of rotatable bonds is 11. The summed E-state index contributed by atoms with van der Waals surface area (Å²) < 4.78 is 24.8. The number of hydrogen-bond donors (Lipinski definition) is 2. The summed E-state index contributed by atoms with van der Waals surface area (Å²) in [6.07, 6.45) is 0.633. The van der Waals surface area contributed by atoms with Crippen molar-refractivity contribution < 1.29 is 37.9 Å². The normalized spacial score (nSPS) is 11.2. The highest BCUT2D eigenvalue weighted by Gasteiger charge is 2.19. The summed E-state index contributed by atoms with van der Waals surface area (Å²) in [5.41, 5.74) is 0.354. The number of carbonyl (C=O) groups is 2. The van der Waals surface area contributed by atoms with Crippen LogP contribution in [0.25, 0.3) is 0 Å². The number of unbranched alkanes of at least 4 members (excludes halogenated alkanes) is 2. The van der Waals surface area contributed by atoms with Crippen LogP contribution in [0.4, 0.5) is 0 Å². The molecule has 132 valence electrons. The monoisotopic (exact) mass is 350 g/mol. The van der Waals surface area contributed by atoms with Crippen LogP contribution in [0, 0.1) is 0 Å². The van der Waals surface area contributed by atoms with Gasteiger partial charge in [0.15, 0.2) is 0 Å². The van der Waals surface area contributed by atoms with E-state index in [0.29, 0.717) is 19.3 Å². The Hall–Kier alpha value is -1.47. The van der Waals surface area contributed by atoms with E-state index in [2.05, 4.69) is 17.7 Å². The fourth-order valence-corrected chi connectivity index (χ4v) is 1.72. The SMILES string of the molecule is C=C(C)C(=O)OC(CCCCCOP(=O)(O)O)OC(=O)C(=C)C. The molecule has 0 spiro atoms. The van der Waals surface area contributed by atoms with E-state index in [1.54, 1.807) is 0 Å². The molecule has 0 aliphatic heterocycles. The fourth-order valence-electron chi connectivity index (χ4n) is 1.36. The molecule has 8 nitrogen and oxygen atoms in total. The fraction of sp³-hybridized carbons (Fsp3) is 0.571. The van der Waals surface area contributed by atoms with Gasteiger partial charge >= 0.3 is 19.8 Å². The van der Waals surface area contributed by atoms with E-state index in [1.165, 1.54) is 13.8 Å². The van der Waals surface area contributed by atoms with Crippen LogP contribution in [0.2, 0.25) is 0 Å². The largest absolute Gasteiger partial charge is 0.469 e. The van der Waals surface area contributed by atoms with Gasteiger partial charge in [-0.1, -0.05) is 19.6 Å². The number of hydrogen-bond acceptors (Lipinski definition) is 6. The number of carbonyl (C=O) groups excluding carboxylic acids is 2. The molecule has 0 rings (SSSR count). The van der Waals surface area contributed by atoms with E-state index in [1.807, 2.05) is 0 Å². The van der Waals surface area contributed by atoms with E-state index < -0.39 is 26.1 Å². The molecule has 0 aromatic rings. The van der Waals surface area contributed by atoms with E-state index in [0.717, 1.165) is 0 Å². The Labute approximate surface area is 135 Å². The van der Waals surface area contributed by atoms with Crippen LogP contribution in [0.1, 0.15) is 39.5 Å². The van der Waals surface area contributed by atoms with Crippen molar-refractivity contribution in [2.45, 2.75) is 45.8 Å². The van der Waals surface area contributed by atoms with Gasteiger partial charge in [-0.25, -0.2) is 14.2 Å². The molecule has 0 unspecified atom stereocenters. The Bertz CT molecular complexity index is 465.